The van der Waals surface area contributed by atoms with E-state index in [-0.39, 0.29) is 11.9 Å². The number of halogens is 1. The SMILES string of the molecule is CC(C)OC(=O)c1ccc(-c2ccc(C=O)o2)c(Cl)c1. The molecular weight excluding hydrogens is 280 g/mol. The molecule has 0 amide bonds. The topological polar surface area (TPSA) is 56.5 Å². The summed E-state index contributed by atoms with van der Waals surface area (Å²) in [6, 6.07) is 7.99. The number of rotatable bonds is 4. The minimum atomic E-state index is -0.429. The van der Waals surface area contributed by atoms with Crippen LogP contribution in [0.5, 0.6) is 0 Å². The molecule has 0 saturated heterocycles. The Morgan fingerprint density at radius 3 is 2.60 bits per heavy atom. The first kappa shape index (κ1) is 14.3. The van der Waals surface area contributed by atoms with Gasteiger partial charge in [0.15, 0.2) is 12.0 Å². The number of hydrogen-bond donors (Lipinski definition) is 0. The molecular formula is C15H13ClO4. The molecule has 0 bridgehead atoms. The zero-order valence-corrected chi connectivity index (χ0v) is 11.8. The van der Waals surface area contributed by atoms with E-state index in [2.05, 4.69) is 0 Å². The van der Waals surface area contributed by atoms with E-state index in [0.717, 1.165) is 0 Å². The fourth-order valence-corrected chi connectivity index (χ4v) is 1.96. The molecule has 1 aromatic heterocycles. The van der Waals surface area contributed by atoms with Crippen LogP contribution in [0.3, 0.4) is 0 Å². The number of benzene rings is 1. The summed E-state index contributed by atoms with van der Waals surface area (Å²) in [6.45, 7) is 3.55. The Labute approximate surface area is 121 Å². The maximum Gasteiger partial charge on any atom is 0.338 e. The summed E-state index contributed by atoms with van der Waals surface area (Å²) >= 11 is 6.14. The number of aldehydes is 1. The predicted molar refractivity (Wildman–Crippen MR) is 75.1 cm³/mol. The number of carbonyl (C=O) groups excluding carboxylic acids is 2. The van der Waals surface area contributed by atoms with Gasteiger partial charge in [0, 0.05) is 5.56 Å². The molecule has 0 atom stereocenters. The highest BCUT2D eigenvalue weighted by Crippen LogP contribution is 2.30. The average Bonchev–Trinajstić information content (AvgIpc) is 2.86. The van der Waals surface area contributed by atoms with Crippen LogP contribution in [0.1, 0.15) is 34.8 Å². The summed E-state index contributed by atoms with van der Waals surface area (Å²) in [5, 5.41) is 0.356. The van der Waals surface area contributed by atoms with E-state index in [9.17, 15) is 9.59 Å². The summed E-state index contributed by atoms with van der Waals surface area (Å²) in [5.74, 6) is 0.265. The van der Waals surface area contributed by atoms with Crippen LogP contribution in [0.4, 0.5) is 0 Å². The Kier molecular flexibility index (Phi) is 4.25. The van der Waals surface area contributed by atoms with E-state index in [4.69, 9.17) is 20.8 Å². The highest BCUT2D eigenvalue weighted by Gasteiger charge is 2.14. The summed E-state index contributed by atoms with van der Waals surface area (Å²) in [4.78, 5) is 22.3. The highest BCUT2D eigenvalue weighted by molar-refractivity contribution is 6.33. The molecule has 0 fully saturated rings. The Morgan fingerprint density at radius 1 is 1.30 bits per heavy atom. The number of hydrogen-bond acceptors (Lipinski definition) is 4. The predicted octanol–water partition coefficient (Wildman–Crippen LogP) is 3.98. The fourth-order valence-electron chi connectivity index (χ4n) is 1.68. The van der Waals surface area contributed by atoms with Gasteiger partial charge in [-0.05, 0) is 44.2 Å². The quantitative estimate of drug-likeness (QED) is 0.632. The van der Waals surface area contributed by atoms with Crippen molar-refractivity contribution in [3.8, 4) is 11.3 Å². The maximum atomic E-state index is 11.8. The van der Waals surface area contributed by atoms with Crippen LogP contribution in [0.2, 0.25) is 5.02 Å². The van der Waals surface area contributed by atoms with Gasteiger partial charge in [0.2, 0.25) is 0 Å². The van der Waals surface area contributed by atoms with Gasteiger partial charge in [-0.25, -0.2) is 4.79 Å². The molecule has 2 aromatic rings. The van der Waals surface area contributed by atoms with Crippen molar-refractivity contribution >= 4 is 23.9 Å². The number of ether oxygens (including phenoxy) is 1. The van der Waals surface area contributed by atoms with Crippen molar-refractivity contribution in [3.63, 3.8) is 0 Å². The molecule has 20 heavy (non-hydrogen) atoms. The first-order valence-electron chi connectivity index (χ1n) is 6.07. The molecule has 0 unspecified atom stereocenters. The smallest absolute Gasteiger partial charge is 0.338 e. The number of carbonyl (C=O) groups is 2. The lowest BCUT2D eigenvalue weighted by Gasteiger charge is -2.09. The molecule has 0 N–H and O–H groups in total. The Bertz CT molecular complexity index is 643. The zero-order chi connectivity index (χ0) is 14.7. The van der Waals surface area contributed by atoms with Crippen molar-refractivity contribution in [1.82, 2.24) is 0 Å². The summed E-state index contributed by atoms with van der Waals surface area (Å²) in [6.07, 6.45) is 0.423. The third-order valence-electron chi connectivity index (χ3n) is 2.56. The van der Waals surface area contributed by atoms with Crippen LogP contribution in [0.15, 0.2) is 34.7 Å². The molecule has 2 rings (SSSR count). The van der Waals surface area contributed by atoms with E-state index in [0.29, 0.717) is 28.2 Å². The lowest BCUT2D eigenvalue weighted by atomic mass is 10.1. The van der Waals surface area contributed by atoms with Crippen molar-refractivity contribution in [3.05, 3.63) is 46.7 Å². The van der Waals surface area contributed by atoms with E-state index < -0.39 is 5.97 Å². The Hall–Kier alpha value is -2.07. The molecule has 0 aliphatic heterocycles. The Morgan fingerprint density at radius 2 is 2.05 bits per heavy atom. The second kappa shape index (κ2) is 5.92. The van der Waals surface area contributed by atoms with Crippen molar-refractivity contribution in [2.24, 2.45) is 0 Å². The van der Waals surface area contributed by atoms with Gasteiger partial charge in [-0.2, -0.15) is 0 Å². The van der Waals surface area contributed by atoms with E-state index >= 15 is 0 Å². The average molecular weight is 293 g/mol. The lowest BCUT2D eigenvalue weighted by molar-refractivity contribution is 0.0378. The largest absolute Gasteiger partial charge is 0.459 e. The molecule has 0 saturated carbocycles. The number of esters is 1. The van der Waals surface area contributed by atoms with E-state index in [1.165, 1.54) is 6.07 Å². The minimum Gasteiger partial charge on any atom is -0.459 e. The third kappa shape index (κ3) is 3.08. The van der Waals surface area contributed by atoms with Crippen LogP contribution < -0.4 is 0 Å². The normalized spacial score (nSPS) is 10.6. The van der Waals surface area contributed by atoms with Gasteiger partial charge in [0.1, 0.15) is 5.76 Å². The van der Waals surface area contributed by atoms with Crippen LogP contribution >= 0.6 is 11.6 Å². The standard InChI is InChI=1S/C15H13ClO4/c1-9(2)19-15(18)10-3-5-12(13(16)7-10)14-6-4-11(8-17)20-14/h3-9H,1-2H3. The molecule has 1 heterocycles. The molecule has 0 spiro atoms. The van der Waals surface area contributed by atoms with Crippen molar-refractivity contribution in [2.75, 3.05) is 0 Å². The van der Waals surface area contributed by atoms with Crippen LogP contribution in [-0.2, 0) is 4.74 Å². The zero-order valence-electron chi connectivity index (χ0n) is 11.1. The first-order valence-corrected chi connectivity index (χ1v) is 6.45. The van der Waals surface area contributed by atoms with Crippen molar-refractivity contribution < 1.29 is 18.7 Å². The molecule has 0 aliphatic carbocycles. The second-order valence-electron chi connectivity index (χ2n) is 4.47. The van der Waals surface area contributed by atoms with Gasteiger partial charge < -0.3 is 9.15 Å². The fraction of sp³-hybridized carbons (Fsp3) is 0.200. The van der Waals surface area contributed by atoms with Gasteiger partial charge >= 0.3 is 5.97 Å². The van der Waals surface area contributed by atoms with Gasteiger partial charge in [-0.1, -0.05) is 11.6 Å². The van der Waals surface area contributed by atoms with Gasteiger partial charge in [0.25, 0.3) is 0 Å². The molecule has 0 aliphatic rings. The van der Waals surface area contributed by atoms with Crippen molar-refractivity contribution in [1.29, 1.82) is 0 Å². The van der Waals surface area contributed by atoms with Crippen LogP contribution in [-0.4, -0.2) is 18.4 Å². The monoisotopic (exact) mass is 292 g/mol. The van der Waals surface area contributed by atoms with Crippen molar-refractivity contribution in [2.45, 2.75) is 20.0 Å². The lowest BCUT2D eigenvalue weighted by Crippen LogP contribution is -2.11. The molecule has 104 valence electrons. The van der Waals surface area contributed by atoms with Crippen LogP contribution in [0.25, 0.3) is 11.3 Å². The van der Waals surface area contributed by atoms with E-state index in [1.54, 1.807) is 38.1 Å². The highest BCUT2D eigenvalue weighted by atomic mass is 35.5. The van der Waals surface area contributed by atoms with Gasteiger partial charge in [-0.15, -0.1) is 0 Å². The number of furan rings is 1. The molecule has 1 aromatic carbocycles. The van der Waals surface area contributed by atoms with Gasteiger partial charge in [-0.3, -0.25) is 4.79 Å². The second-order valence-corrected chi connectivity index (χ2v) is 4.88. The summed E-state index contributed by atoms with van der Waals surface area (Å²) < 4.78 is 10.4. The first-order chi connectivity index (χ1) is 9.51. The minimum absolute atomic E-state index is 0.193. The Balaban J connectivity index is 2.30. The summed E-state index contributed by atoms with van der Waals surface area (Å²) in [7, 11) is 0. The van der Waals surface area contributed by atoms with E-state index in [1.807, 2.05) is 0 Å². The molecule has 4 nitrogen and oxygen atoms in total. The maximum absolute atomic E-state index is 11.8. The molecule has 5 heteroatoms. The van der Waals surface area contributed by atoms with Crippen LogP contribution in [0, 0.1) is 0 Å². The summed E-state index contributed by atoms with van der Waals surface area (Å²) in [5.41, 5.74) is 0.982. The third-order valence-corrected chi connectivity index (χ3v) is 2.87. The van der Waals surface area contributed by atoms with Gasteiger partial charge in [0.05, 0.1) is 16.7 Å². The molecule has 0 radical (unpaired) electrons.